The summed E-state index contributed by atoms with van der Waals surface area (Å²) in [6.07, 6.45) is -15.6. The molecular weight excluding hydrogens is 908 g/mol. The van der Waals surface area contributed by atoms with Crippen molar-refractivity contribution in [3.05, 3.63) is 0 Å². The van der Waals surface area contributed by atoms with E-state index in [9.17, 15) is 146 Å². The summed E-state index contributed by atoms with van der Waals surface area (Å²) in [4.78, 5) is 0. The Hall–Kier alpha value is -2.36. The van der Waals surface area contributed by atoms with Crippen LogP contribution in [0.4, 0.5) is 140 Å². The average molecular weight is 920 g/mol. The molecule has 0 aliphatic heterocycles. The Labute approximate surface area is 284 Å². The van der Waals surface area contributed by atoms with Gasteiger partial charge in [0.15, 0.2) is 0 Å². The molecule has 0 aromatic rings. The highest BCUT2D eigenvalue weighted by molar-refractivity contribution is 5.16. The molecule has 0 aliphatic carbocycles. The molecule has 0 aromatic heterocycles. The van der Waals surface area contributed by atoms with Crippen LogP contribution in [-0.2, 0) is 9.47 Å². The first-order chi connectivity index (χ1) is 24.0. The SMILES string of the molecule is OC(COCC(F)(F)C(F)(F)C(F)(F)C(F)(F)C(F)(F)C(F)(F)C(F)(F)C(F)F)COCC(F)(F)C(F)(F)C(F)(F)C(F)(F)C(F)(F)C(F)(F)C(F)(F)C(F)F. The number of aliphatic hydroxyl groups excluding tert-OH is 1. The predicted octanol–water partition coefficient (Wildman–Crippen LogP) is 9.80. The van der Waals surface area contributed by atoms with E-state index in [0.717, 1.165) is 0 Å². The molecule has 0 unspecified atom stereocenters. The van der Waals surface area contributed by atoms with Gasteiger partial charge < -0.3 is 14.6 Å². The lowest BCUT2D eigenvalue weighted by Gasteiger charge is -2.42. The molecule has 0 bridgehead atoms. The van der Waals surface area contributed by atoms with Crippen LogP contribution in [0.25, 0.3) is 0 Å². The smallest absolute Gasteiger partial charge is 0.384 e. The van der Waals surface area contributed by atoms with Gasteiger partial charge in [-0.2, -0.15) is 123 Å². The Morgan fingerprint density at radius 1 is 0.304 bits per heavy atom. The Morgan fingerprint density at radius 2 is 0.482 bits per heavy atom. The van der Waals surface area contributed by atoms with Gasteiger partial charge in [0.2, 0.25) is 0 Å². The standard InChI is InChI=1S/C21H12F32O3/c22-6(23)10(30,31)14(38,39)18(46,47)20(50,51)16(42,43)12(34,35)8(26,27)3-55-1-5(54)2-56-4-9(28,29)13(36,37)17(44,45)21(52,53)19(48,49)15(40,41)11(32,33)7(24)25/h5-7,54H,1-4H2. The van der Waals surface area contributed by atoms with Gasteiger partial charge in [-0.05, 0) is 0 Å². The van der Waals surface area contributed by atoms with E-state index < -0.39 is 128 Å². The molecule has 1 N–H and O–H groups in total. The lowest BCUT2D eigenvalue weighted by atomic mass is 9.89. The molecule has 0 aliphatic rings. The van der Waals surface area contributed by atoms with E-state index in [1.54, 1.807) is 0 Å². The van der Waals surface area contributed by atoms with E-state index in [-0.39, 0.29) is 0 Å². The van der Waals surface area contributed by atoms with Gasteiger partial charge in [-0.15, -0.1) is 0 Å². The number of ether oxygens (including phenoxy) is 2. The van der Waals surface area contributed by atoms with E-state index in [1.807, 2.05) is 0 Å². The first-order valence-corrected chi connectivity index (χ1v) is 12.7. The third-order valence-electron chi connectivity index (χ3n) is 6.65. The Kier molecular flexibility index (Phi) is 14.4. The second kappa shape index (κ2) is 15.0. The minimum atomic E-state index is -8.86. The molecule has 0 saturated heterocycles. The van der Waals surface area contributed by atoms with Crippen molar-refractivity contribution in [2.24, 2.45) is 0 Å². The minimum absolute atomic E-state index is 2.45. The molecular formula is C21H12F32O3. The fourth-order valence-electron chi connectivity index (χ4n) is 3.21. The largest absolute Gasteiger partial charge is 0.388 e. The number of aliphatic hydroxyl groups is 1. The zero-order valence-corrected chi connectivity index (χ0v) is 24.9. The van der Waals surface area contributed by atoms with Crippen molar-refractivity contribution in [1.29, 1.82) is 0 Å². The third-order valence-corrected chi connectivity index (χ3v) is 6.65. The van der Waals surface area contributed by atoms with E-state index in [4.69, 9.17) is 0 Å². The van der Waals surface area contributed by atoms with Gasteiger partial charge >= 0.3 is 95.8 Å². The number of halogens is 32. The summed E-state index contributed by atoms with van der Waals surface area (Å²) < 4.78 is 431. The molecule has 0 saturated carbocycles. The molecule has 0 fully saturated rings. The lowest BCUT2D eigenvalue weighted by molar-refractivity contribution is -0.448. The summed E-state index contributed by atoms with van der Waals surface area (Å²) in [5.41, 5.74) is 0. The van der Waals surface area contributed by atoms with Crippen molar-refractivity contribution < 1.29 is 155 Å². The van der Waals surface area contributed by atoms with Gasteiger partial charge in [0.1, 0.15) is 19.3 Å². The summed E-state index contributed by atoms with van der Waals surface area (Å²) in [7, 11) is 0. The van der Waals surface area contributed by atoms with Gasteiger partial charge in [-0.1, -0.05) is 0 Å². The molecule has 3 nitrogen and oxygen atoms in total. The Balaban J connectivity index is 6.02. The molecule has 0 amide bonds. The van der Waals surface area contributed by atoms with Crippen LogP contribution in [0.15, 0.2) is 0 Å². The van der Waals surface area contributed by atoms with E-state index in [0.29, 0.717) is 0 Å². The van der Waals surface area contributed by atoms with Crippen molar-refractivity contribution in [2.45, 2.75) is 102 Å². The second-order valence-electron chi connectivity index (χ2n) is 10.7. The second-order valence-corrected chi connectivity index (χ2v) is 10.7. The maximum absolute atomic E-state index is 13.7. The molecule has 0 aromatic carbocycles. The quantitative estimate of drug-likeness (QED) is 0.110. The Bertz CT molecular complexity index is 1220. The lowest BCUT2D eigenvalue weighted by Crippen LogP contribution is -2.74. The summed E-state index contributed by atoms with van der Waals surface area (Å²) >= 11 is 0. The van der Waals surface area contributed by atoms with Crippen LogP contribution in [0.5, 0.6) is 0 Å². The van der Waals surface area contributed by atoms with Crippen LogP contribution < -0.4 is 0 Å². The first-order valence-electron chi connectivity index (χ1n) is 12.7. The zero-order valence-electron chi connectivity index (χ0n) is 24.9. The van der Waals surface area contributed by atoms with Crippen LogP contribution in [0.3, 0.4) is 0 Å². The molecule has 0 spiro atoms. The maximum Gasteiger partial charge on any atom is 0.384 e. The number of rotatable bonds is 22. The van der Waals surface area contributed by atoms with E-state index in [1.165, 1.54) is 0 Å². The molecule has 35 heteroatoms. The summed E-state index contributed by atoms with van der Waals surface area (Å²) in [6, 6.07) is 0. The predicted molar refractivity (Wildman–Crippen MR) is 109 cm³/mol. The highest BCUT2D eigenvalue weighted by Gasteiger charge is 2.95. The zero-order chi connectivity index (χ0) is 46.0. The summed E-state index contributed by atoms with van der Waals surface area (Å²) in [5.74, 6) is -116. The summed E-state index contributed by atoms with van der Waals surface area (Å²) in [5, 5.41) is 9.18. The number of hydrogen-bond acceptors (Lipinski definition) is 3. The van der Waals surface area contributed by atoms with Crippen molar-refractivity contribution in [3.63, 3.8) is 0 Å². The van der Waals surface area contributed by atoms with Gasteiger partial charge in [0.25, 0.3) is 0 Å². The normalized spacial score (nSPS) is 16.5. The van der Waals surface area contributed by atoms with Crippen molar-refractivity contribution in [2.75, 3.05) is 26.4 Å². The molecule has 56 heavy (non-hydrogen) atoms. The van der Waals surface area contributed by atoms with Crippen LogP contribution in [0.2, 0.25) is 0 Å². The topological polar surface area (TPSA) is 38.7 Å². The van der Waals surface area contributed by atoms with Crippen molar-refractivity contribution >= 4 is 0 Å². The van der Waals surface area contributed by atoms with Gasteiger partial charge in [0, 0.05) is 0 Å². The molecule has 0 heterocycles. The van der Waals surface area contributed by atoms with Crippen LogP contribution >= 0.6 is 0 Å². The summed E-state index contributed by atoms with van der Waals surface area (Å²) in [6.45, 7) is -12.3. The molecule has 0 rings (SSSR count). The molecule has 338 valence electrons. The van der Waals surface area contributed by atoms with Gasteiger partial charge in [-0.25, -0.2) is 17.6 Å². The average Bonchev–Trinajstić information content (AvgIpc) is 2.99. The highest BCUT2D eigenvalue weighted by atomic mass is 19.4. The third kappa shape index (κ3) is 7.64. The fourth-order valence-corrected chi connectivity index (χ4v) is 3.21. The number of hydrogen-bond donors (Lipinski definition) is 1. The fraction of sp³-hybridized carbons (Fsp3) is 1.00. The molecule has 0 atom stereocenters. The van der Waals surface area contributed by atoms with Gasteiger partial charge in [-0.3, -0.25) is 0 Å². The van der Waals surface area contributed by atoms with E-state index in [2.05, 4.69) is 9.47 Å². The van der Waals surface area contributed by atoms with Crippen molar-refractivity contribution in [3.8, 4) is 0 Å². The molecule has 0 radical (unpaired) electrons. The maximum atomic E-state index is 13.7. The first kappa shape index (κ1) is 53.6. The van der Waals surface area contributed by atoms with Crippen LogP contribution in [0.1, 0.15) is 0 Å². The highest BCUT2D eigenvalue weighted by Crippen LogP contribution is 2.64. The van der Waals surface area contributed by atoms with Gasteiger partial charge in [0.05, 0.1) is 13.2 Å². The van der Waals surface area contributed by atoms with Crippen LogP contribution in [-0.4, -0.2) is 133 Å². The van der Waals surface area contributed by atoms with Crippen LogP contribution in [0, 0.1) is 0 Å². The monoisotopic (exact) mass is 920 g/mol. The van der Waals surface area contributed by atoms with Crippen molar-refractivity contribution in [1.82, 2.24) is 0 Å². The Morgan fingerprint density at radius 3 is 0.679 bits per heavy atom. The minimum Gasteiger partial charge on any atom is -0.388 e. The number of alkyl halides is 32. The van der Waals surface area contributed by atoms with E-state index >= 15 is 0 Å².